The third-order valence-electron chi connectivity index (χ3n) is 4.63. The van der Waals surface area contributed by atoms with E-state index in [1.54, 1.807) is 24.3 Å². The lowest BCUT2D eigenvalue weighted by Crippen LogP contribution is -2.53. The van der Waals surface area contributed by atoms with Crippen LogP contribution in [0, 0.1) is 17.3 Å². The molecule has 3 heteroatoms. The maximum absolute atomic E-state index is 12.5. The molecule has 18 heavy (non-hydrogen) atoms. The van der Waals surface area contributed by atoms with Crippen molar-refractivity contribution in [3.05, 3.63) is 24.3 Å². The van der Waals surface area contributed by atoms with Crippen molar-refractivity contribution in [1.29, 1.82) is 0 Å². The van der Waals surface area contributed by atoms with Crippen molar-refractivity contribution < 1.29 is 15.0 Å². The first kappa shape index (κ1) is 13.5. The summed E-state index contributed by atoms with van der Waals surface area (Å²) < 4.78 is 0. The first-order chi connectivity index (χ1) is 8.58. The number of allylic oxidation sites excluding steroid dienone is 2. The second-order valence-electron chi connectivity index (χ2n) is 5.45. The monoisotopic (exact) mass is 250 g/mol. The quantitative estimate of drug-likeness (QED) is 0.749. The topological polar surface area (TPSA) is 57.5 Å². The minimum absolute atomic E-state index is 0.0369. The Balaban J connectivity index is 2.43. The van der Waals surface area contributed by atoms with Crippen LogP contribution in [0.2, 0.25) is 0 Å². The normalized spacial score (nSPS) is 39.0. The van der Waals surface area contributed by atoms with E-state index in [0.29, 0.717) is 0 Å². The van der Waals surface area contributed by atoms with Gasteiger partial charge < -0.3 is 10.2 Å². The number of ketones is 1. The van der Waals surface area contributed by atoms with Crippen molar-refractivity contribution in [2.75, 3.05) is 0 Å². The van der Waals surface area contributed by atoms with E-state index in [2.05, 4.69) is 0 Å². The van der Waals surface area contributed by atoms with Gasteiger partial charge in [0.15, 0.2) is 0 Å². The first-order valence-electron chi connectivity index (χ1n) is 6.75. The van der Waals surface area contributed by atoms with Gasteiger partial charge in [0.25, 0.3) is 0 Å². The Hall–Kier alpha value is -0.930. The van der Waals surface area contributed by atoms with Crippen LogP contribution >= 0.6 is 0 Å². The highest BCUT2D eigenvalue weighted by Crippen LogP contribution is 2.57. The minimum atomic E-state index is -1.01. The number of Topliss-reactive ketones (excluding diaryl/α,β-unsaturated/α-hetero) is 1. The lowest BCUT2D eigenvalue weighted by molar-refractivity contribution is -0.147. The summed E-state index contributed by atoms with van der Waals surface area (Å²) in [7, 11) is 0. The summed E-state index contributed by atoms with van der Waals surface area (Å²) in [6.45, 7) is 3.63. The number of carbonyl (C=O) groups excluding carboxylic acids is 1. The predicted octanol–water partition coefficient (Wildman–Crippen LogP) is 1.85. The van der Waals surface area contributed by atoms with Crippen LogP contribution in [0.4, 0.5) is 0 Å². The first-order valence-corrected chi connectivity index (χ1v) is 6.75. The Bertz CT molecular complexity index is 365. The van der Waals surface area contributed by atoms with Crippen LogP contribution in [0.5, 0.6) is 0 Å². The molecule has 0 aromatic heterocycles. The molecule has 2 aliphatic carbocycles. The largest absolute Gasteiger partial charge is 0.388 e. The number of aliphatic hydroxyl groups is 2. The molecule has 3 nitrogen and oxygen atoms in total. The molecule has 0 heterocycles. The Morgan fingerprint density at radius 1 is 1.17 bits per heavy atom. The SMILES string of the molecule is CC=CC(O)C1(C(O)C=CC)C(=O)C2CCC1C2. The highest BCUT2D eigenvalue weighted by Gasteiger charge is 2.63. The molecule has 0 aromatic rings. The van der Waals surface area contributed by atoms with Crippen molar-refractivity contribution in [3.63, 3.8) is 0 Å². The number of hydrogen-bond acceptors (Lipinski definition) is 3. The van der Waals surface area contributed by atoms with E-state index >= 15 is 0 Å². The molecular weight excluding hydrogens is 228 g/mol. The van der Waals surface area contributed by atoms with Crippen LogP contribution in [0.1, 0.15) is 33.1 Å². The zero-order valence-electron chi connectivity index (χ0n) is 11.0. The summed E-state index contributed by atoms with van der Waals surface area (Å²) in [6.07, 6.45) is 7.63. The van der Waals surface area contributed by atoms with Crippen molar-refractivity contribution in [1.82, 2.24) is 0 Å². The van der Waals surface area contributed by atoms with E-state index in [-0.39, 0.29) is 17.6 Å². The van der Waals surface area contributed by atoms with E-state index < -0.39 is 17.6 Å². The second kappa shape index (κ2) is 4.98. The highest BCUT2D eigenvalue weighted by molar-refractivity contribution is 5.92. The van der Waals surface area contributed by atoms with Crippen molar-refractivity contribution in [2.24, 2.45) is 17.3 Å². The van der Waals surface area contributed by atoms with Gasteiger partial charge in [-0.2, -0.15) is 0 Å². The average molecular weight is 250 g/mol. The van der Waals surface area contributed by atoms with E-state index in [1.807, 2.05) is 13.8 Å². The predicted molar refractivity (Wildman–Crippen MR) is 69.9 cm³/mol. The number of carbonyl (C=O) groups is 1. The van der Waals surface area contributed by atoms with Gasteiger partial charge in [0.05, 0.1) is 17.6 Å². The van der Waals surface area contributed by atoms with Gasteiger partial charge in [0.1, 0.15) is 5.78 Å². The van der Waals surface area contributed by atoms with E-state index in [1.165, 1.54) is 0 Å². The molecule has 0 saturated heterocycles. The van der Waals surface area contributed by atoms with Crippen LogP contribution in [0.25, 0.3) is 0 Å². The number of fused-ring (bicyclic) bond motifs is 2. The lowest BCUT2D eigenvalue weighted by atomic mass is 9.64. The highest BCUT2D eigenvalue weighted by atomic mass is 16.3. The molecule has 2 aliphatic rings. The molecule has 2 fully saturated rings. The molecule has 4 atom stereocenters. The van der Waals surface area contributed by atoms with Gasteiger partial charge in [0, 0.05) is 5.92 Å². The van der Waals surface area contributed by atoms with E-state index in [4.69, 9.17) is 0 Å². The van der Waals surface area contributed by atoms with Crippen LogP contribution < -0.4 is 0 Å². The Kier molecular flexibility index (Phi) is 3.74. The Morgan fingerprint density at radius 2 is 1.72 bits per heavy atom. The molecule has 100 valence electrons. The van der Waals surface area contributed by atoms with Crippen molar-refractivity contribution in [2.45, 2.75) is 45.3 Å². The molecular formula is C15H22O3. The third-order valence-corrected chi connectivity index (χ3v) is 4.63. The molecule has 0 aliphatic heterocycles. The fraction of sp³-hybridized carbons (Fsp3) is 0.667. The van der Waals surface area contributed by atoms with Crippen molar-refractivity contribution in [3.8, 4) is 0 Å². The molecule has 4 unspecified atom stereocenters. The van der Waals surface area contributed by atoms with Crippen LogP contribution in [-0.2, 0) is 4.79 Å². The van der Waals surface area contributed by atoms with Gasteiger partial charge in [-0.1, -0.05) is 24.3 Å². The van der Waals surface area contributed by atoms with Gasteiger partial charge in [-0.05, 0) is 39.0 Å². The molecule has 2 N–H and O–H groups in total. The fourth-order valence-electron chi connectivity index (χ4n) is 3.84. The molecule has 0 aromatic carbocycles. The molecule has 2 bridgehead atoms. The van der Waals surface area contributed by atoms with Gasteiger partial charge in [-0.15, -0.1) is 0 Å². The molecule has 2 rings (SSSR count). The smallest absolute Gasteiger partial charge is 0.148 e. The molecule has 0 spiro atoms. The summed E-state index contributed by atoms with van der Waals surface area (Å²) in [5.41, 5.74) is -1.01. The van der Waals surface area contributed by atoms with Crippen LogP contribution in [-0.4, -0.2) is 28.2 Å². The zero-order chi connectivity index (χ0) is 13.3. The minimum Gasteiger partial charge on any atom is -0.388 e. The maximum atomic E-state index is 12.5. The van der Waals surface area contributed by atoms with Gasteiger partial charge >= 0.3 is 0 Å². The summed E-state index contributed by atoms with van der Waals surface area (Å²) >= 11 is 0. The van der Waals surface area contributed by atoms with Gasteiger partial charge in [0.2, 0.25) is 0 Å². The number of hydrogen-bond donors (Lipinski definition) is 2. The zero-order valence-corrected chi connectivity index (χ0v) is 11.0. The lowest BCUT2D eigenvalue weighted by Gasteiger charge is -2.41. The summed E-state index contributed by atoms with van der Waals surface area (Å²) in [5, 5.41) is 20.8. The number of rotatable bonds is 4. The van der Waals surface area contributed by atoms with Gasteiger partial charge in [-0.25, -0.2) is 0 Å². The molecule has 0 radical (unpaired) electrons. The summed E-state index contributed by atoms with van der Waals surface area (Å²) in [4.78, 5) is 12.5. The molecule has 2 saturated carbocycles. The Labute approximate surface area is 108 Å². The molecule has 0 amide bonds. The third kappa shape index (κ3) is 1.69. The average Bonchev–Trinajstić information content (AvgIpc) is 2.89. The van der Waals surface area contributed by atoms with Crippen LogP contribution in [0.3, 0.4) is 0 Å². The van der Waals surface area contributed by atoms with Crippen molar-refractivity contribution >= 4 is 5.78 Å². The van der Waals surface area contributed by atoms with E-state index in [9.17, 15) is 15.0 Å². The summed E-state index contributed by atoms with van der Waals surface area (Å²) in [6, 6.07) is 0. The van der Waals surface area contributed by atoms with Gasteiger partial charge in [-0.3, -0.25) is 4.79 Å². The summed E-state index contributed by atoms with van der Waals surface area (Å²) in [5.74, 6) is 0.192. The number of aliphatic hydroxyl groups excluding tert-OH is 2. The maximum Gasteiger partial charge on any atom is 0.148 e. The Morgan fingerprint density at radius 3 is 2.11 bits per heavy atom. The second-order valence-corrected chi connectivity index (χ2v) is 5.45. The standard InChI is InChI=1S/C15H22O3/c1-3-5-12(16)15(13(17)6-4-2)11-8-7-10(9-11)14(15)18/h3-6,10-13,16-17H,7-9H2,1-2H3. The van der Waals surface area contributed by atoms with E-state index in [0.717, 1.165) is 19.3 Å². The fourth-order valence-corrected chi connectivity index (χ4v) is 3.84. The van der Waals surface area contributed by atoms with Crippen LogP contribution in [0.15, 0.2) is 24.3 Å².